The lowest BCUT2D eigenvalue weighted by atomic mass is 10.3. The molecule has 8 heteroatoms. The number of hydrogen-bond donors (Lipinski definition) is 1. The van der Waals surface area contributed by atoms with Crippen LogP contribution in [0.25, 0.3) is 0 Å². The van der Waals surface area contributed by atoms with Crippen molar-refractivity contribution in [1.29, 1.82) is 0 Å². The van der Waals surface area contributed by atoms with Gasteiger partial charge in [0.1, 0.15) is 0 Å². The van der Waals surface area contributed by atoms with Crippen LogP contribution in [0, 0.1) is 0 Å². The maximum absolute atomic E-state index is 11.5. The number of rotatable bonds is 5. The molecule has 1 N–H and O–H groups in total. The maximum Gasteiger partial charge on any atom is 0.309 e. The Morgan fingerprint density at radius 1 is 1.14 bits per heavy atom. The van der Waals surface area contributed by atoms with Gasteiger partial charge in [-0.1, -0.05) is 11.3 Å². The van der Waals surface area contributed by atoms with E-state index < -0.39 is 0 Å². The molecular weight excluding hydrogens is 302 g/mol. The first-order chi connectivity index (χ1) is 10.7. The zero-order valence-corrected chi connectivity index (χ0v) is 13.1. The average Bonchev–Trinajstić information content (AvgIpc) is 2.88. The van der Waals surface area contributed by atoms with Crippen molar-refractivity contribution in [2.45, 2.75) is 13.0 Å². The van der Waals surface area contributed by atoms with Gasteiger partial charge in [-0.3, -0.25) is 14.3 Å². The molecule has 7 nitrogen and oxygen atoms in total. The van der Waals surface area contributed by atoms with Crippen LogP contribution < -0.4 is 9.77 Å². The monoisotopic (exact) mass is 321 g/mol. The molecule has 0 unspecified atom stereocenters. The molecule has 0 amide bonds. The summed E-state index contributed by atoms with van der Waals surface area (Å²) in [6.45, 7) is 5.23. The lowest BCUT2D eigenvalue weighted by Gasteiger charge is -2.34. The number of anilines is 1. The number of thiazole rings is 1. The molecule has 0 spiro atoms. The fraction of sp³-hybridized carbons (Fsp3) is 0.500. The molecule has 3 rings (SSSR count). The summed E-state index contributed by atoms with van der Waals surface area (Å²) in [6, 6.07) is 1.82. The third-order valence-electron chi connectivity index (χ3n) is 3.83. The van der Waals surface area contributed by atoms with Crippen LogP contribution in [0.1, 0.15) is 6.42 Å². The fourth-order valence-corrected chi connectivity index (χ4v) is 3.25. The van der Waals surface area contributed by atoms with Gasteiger partial charge in [0.25, 0.3) is 0 Å². The molecule has 0 saturated carbocycles. The van der Waals surface area contributed by atoms with Gasteiger partial charge in [-0.05, 0) is 19.0 Å². The number of aromatic nitrogens is 3. The fourth-order valence-electron chi connectivity index (χ4n) is 2.61. The van der Waals surface area contributed by atoms with Crippen LogP contribution in [0.4, 0.5) is 5.95 Å². The van der Waals surface area contributed by atoms with Gasteiger partial charge in [-0.15, -0.1) is 0 Å². The molecule has 0 atom stereocenters. The molecule has 1 aliphatic heterocycles. The van der Waals surface area contributed by atoms with E-state index in [1.807, 2.05) is 6.07 Å². The van der Waals surface area contributed by atoms with Crippen molar-refractivity contribution in [2.24, 2.45) is 0 Å². The average molecular weight is 321 g/mol. The molecule has 0 aromatic carbocycles. The minimum Gasteiger partial charge on any atom is -0.494 e. The largest absolute Gasteiger partial charge is 0.494 e. The van der Waals surface area contributed by atoms with Gasteiger partial charge in [-0.25, -0.2) is 9.97 Å². The second-order valence-electron chi connectivity index (χ2n) is 5.24. The molecule has 1 fully saturated rings. The Bertz CT molecular complexity index is 649. The summed E-state index contributed by atoms with van der Waals surface area (Å²) in [5.74, 6) is 0.859. The molecule has 0 radical (unpaired) electrons. The summed E-state index contributed by atoms with van der Waals surface area (Å²) < 4.78 is 1.43. The smallest absolute Gasteiger partial charge is 0.309 e. The van der Waals surface area contributed by atoms with Crippen molar-refractivity contribution in [3.63, 3.8) is 0 Å². The predicted octanol–water partition coefficient (Wildman–Crippen LogP) is 0.618. The van der Waals surface area contributed by atoms with E-state index in [9.17, 15) is 9.90 Å². The Hall–Kier alpha value is -1.93. The number of hydrogen-bond acceptors (Lipinski definition) is 7. The minimum atomic E-state index is -0.0939. The van der Waals surface area contributed by atoms with Gasteiger partial charge in [0.05, 0.1) is 5.38 Å². The van der Waals surface area contributed by atoms with Crippen LogP contribution in [-0.4, -0.2) is 57.3 Å². The number of nitrogens with zero attached hydrogens (tertiary/aromatic N) is 5. The van der Waals surface area contributed by atoms with Crippen LogP contribution >= 0.6 is 11.3 Å². The van der Waals surface area contributed by atoms with Gasteiger partial charge in [0.15, 0.2) is 0 Å². The zero-order chi connectivity index (χ0) is 15.4. The number of aromatic hydroxyl groups is 1. The van der Waals surface area contributed by atoms with Gasteiger partial charge in [-0.2, -0.15) is 0 Å². The highest BCUT2D eigenvalue weighted by molar-refractivity contribution is 7.07. The van der Waals surface area contributed by atoms with Crippen molar-refractivity contribution in [2.75, 3.05) is 37.6 Å². The Morgan fingerprint density at radius 2 is 1.86 bits per heavy atom. The Labute approximate surface area is 132 Å². The van der Waals surface area contributed by atoms with Gasteiger partial charge in [0, 0.05) is 45.1 Å². The van der Waals surface area contributed by atoms with Crippen molar-refractivity contribution in [1.82, 2.24) is 19.4 Å². The predicted molar refractivity (Wildman–Crippen MR) is 85.5 cm³/mol. The van der Waals surface area contributed by atoms with E-state index in [4.69, 9.17) is 0 Å². The van der Waals surface area contributed by atoms with E-state index in [0.29, 0.717) is 6.54 Å². The van der Waals surface area contributed by atoms with Crippen molar-refractivity contribution in [3.8, 4) is 5.88 Å². The Kier molecular flexibility index (Phi) is 4.69. The van der Waals surface area contributed by atoms with Gasteiger partial charge >= 0.3 is 4.87 Å². The SMILES string of the molecule is O=c1scc(O)n1CCCN1CCN(c2ncccn2)CC1. The molecule has 118 valence electrons. The standard InChI is InChI=1S/C14H19N5O2S/c20-12-11-22-14(21)19(12)6-2-5-17-7-9-18(10-8-17)13-15-3-1-4-16-13/h1,3-4,11,20H,2,5-10H2. The highest BCUT2D eigenvalue weighted by atomic mass is 32.1. The van der Waals surface area contributed by atoms with Crippen molar-refractivity contribution < 1.29 is 5.11 Å². The van der Waals surface area contributed by atoms with Crippen molar-refractivity contribution >= 4 is 17.3 Å². The molecule has 2 aromatic rings. The minimum absolute atomic E-state index is 0.0704. The van der Waals surface area contributed by atoms with Crippen LogP contribution in [0.5, 0.6) is 5.88 Å². The first-order valence-electron chi connectivity index (χ1n) is 7.35. The first kappa shape index (κ1) is 15.0. The van der Waals surface area contributed by atoms with E-state index in [0.717, 1.165) is 56.4 Å². The zero-order valence-electron chi connectivity index (χ0n) is 12.3. The van der Waals surface area contributed by atoms with E-state index in [1.165, 1.54) is 9.95 Å². The van der Waals surface area contributed by atoms with E-state index in [-0.39, 0.29) is 10.8 Å². The third-order valence-corrected chi connectivity index (χ3v) is 4.58. The lowest BCUT2D eigenvalue weighted by Crippen LogP contribution is -2.47. The van der Waals surface area contributed by atoms with Crippen LogP contribution in [0.2, 0.25) is 0 Å². The van der Waals surface area contributed by atoms with Crippen LogP contribution in [-0.2, 0) is 6.54 Å². The summed E-state index contributed by atoms with van der Waals surface area (Å²) >= 11 is 1.04. The van der Waals surface area contributed by atoms with E-state index in [2.05, 4.69) is 19.8 Å². The molecule has 22 heavy (non-hydrogen) atoms. The molecule has 1 saturated heterocycles. The summed E-state index contributed by atoms with van der Waals surface area (Å²) in [6.07, 6.45) is 4.38. The molecule has 0 bridgehead atoms. The highest BCUT2D eigenvalue weighted by Gasteiger charge is 2.18. The summed E-state index contributed by atoms with van der Waals surface area (Å²) in [4.78, 5) is 24.5. The van der Waals surface area contributed by atoms with Crippen LogP contribution in [0.3, 0.4) is 0 Å². The van der Waals surface area contributed by atoms with Crippen molar-refractivity contribution in [3.05, 3.63) is 33.5 Å². The second-order valence-corrected chi connectivity index (χ2v) is 6.06. The summed E-state index contributed by atoms with van der Waals surface area (Å²) in [5.41, 5.74) is 0. The first-order valence-corrected chi connectivity index (χ1v) is 8.23. The summed E-state index contributed by atoms with van der Waals surface area (Å²) in [7, 11) is 0. The molecular formula is C14H19N5O2S. The number of piperazine rings is 1. The van der Waals surface area contributed by atoms with E-state index >= 15 is 0 Å². The van der Waals surface area contributed by atoms with Crippen LogP contribution in [0.15, 0.2) is 28.6 Å². The molecule has 0 aliphatic carbocycles. The molecule has 1 aliphatic rings. The topological polar surface area (TPSA) is 74.5 Å². The molecule has 2 aromatic heterocycles. The Morgan fingerprint density at radius 3 is 2.50 bits per heavy atom. The lowest BCUT2D eigenvalue weighted by molar-refractivity contribution is 0.247. The van der Waals surface area contributed by atoms with E-state index in [1.54, 1.807) is 12.4 Å². The quantitative estimate of drug-likeness (QED) is 0.870. The summed E-state index contributed by atoms with van der Waals surface area (Å²) in [5, 5.41) is 11.1. The third kappa shape index (κ3) is 3.45. The normalized spacial score (nSPS) is 16.1. The maximum atomic E-state index is 11.5. The van der Waals surface area contributed by atoms with Gasteiger partial charge in [0.2, 0.25) is 11.8 Å². The van der Waals surface area contributed by atoms with Gasteiger partial charge < -0.3 is 10.0 Å². The highest BCUT2D eigenvalue weighted by Crippen LogP contribution is 2.12. The second kappa shape index (κ2) is 6.89. The molecule has 3 heterocycles. The Balaban J connectivity index is 1.44.